The van der Waals surface area contributed by atoms with Crippen LogP contribution in [0.25, 0.3) is 11.1 Å². The van der Waals surface area contributed by atoms with Gasteiger partial charge in [0.2, 0.25) is 5.91 Å². The maximum Gasteiger partial charge on any atom is 0.417 e. The lowest BCUT2D eigenvalue weighted by atomic mass is 9.94. The van der Waals surface area contributed by atoms with E-state index in [0.717, 1.165) is 49.3 Å². The molecule has 222 valence electrons. The molecule has 0 atom stereocenters. The van der Waals surface area contributed by atoms with Gasteiger partial charge in [0.25, 0.3) is 5.91 Å². The van der Waals surface area contributed by atoms with E-state index in [0.29, 0.717) is 6.07 Å². The van der Waals surface area contributed by atoms with Gasteiger partial charge in [-0.2, -0.15) is 18.4 Å². The van der Waals surface area contributed by atoms with E-state index in [9.17, 15) is 42.6 Å². The molecule has 3 aromatic rings. The number of phenols is 1. The minimum Gasteiger partial charge on any atom is -0.507 e. The molecule has 0 aromatic heterocycles. The van der Waals surface area contributed by atoms with Crippen molar-refractivity contribution in [2.45, 2.75) is 13.1 Å². The molecule has 0 fully saturated rings. The van der Waals surface area contributed by atoms with Crippen LogP contribution in [0.4, 0.5) is 35.0 Å². The first-order valence-electron chi connectivity index (χ1n) is 11.9. The minimum atomic E-state index is -4.97. The number of nitriles is 1. The number of amides is 3. The Bertz CT molecular complexity index is 1710. The molecule has 0 heterocycles. The quantitative estimate of drug-likeness (QED) is 0.189. The van der Waals surface area contributed by atoms with E-state index >= 15 is 0 Å². The number of alkyl halides is 3. The average Bonchev–Trinajstić information content (AvgIpc) is 2.95. The number of methoxy groups -OCH3 is 1. The molecule has 12 nitrogen and oxygen atoms in total. The van der Waals surface area contributed by atoms with Crippen molar-refractivity contribution in [1.82, 2.24) is 0 Å². The van der Waals surface area contributed by atoms with E-state index in [1.165, 1.54) is 19.2 Å². The van der Waals surface area contributed by atoms with Gasteiger partial charge in [-0.05, 0) is 48.0 Å². The molecule has 5 N–H and O–H groups in total. The van der Waals surface area contributed by atoms with E-state index in [1.807, 2.05) is 0 Å². The molecule has 0 aliphatic rings. The Morgan fingerprint density at radius 2 is 1.65 bits per heavy atom. The maximum absolute atomic E-state index is 14.2. The number of nitrogens with zero attached hydrogens (tertiary/aromatic N) is 2. The van der Waals surface area contributed by atoms with Crippen LogP contribution in [-0.4, -0.2) is 54.0 Å². The summed E-state index contributed by atoms with van der Waals surface area (Å²) >= 11 is 0. The van der Waals surface area contributed by atoms with Crippen molar-refractivity contribution < 1.29 is 47.3 Å². The number of hydrogen-bond acceptors (Lipinski definition) is 8. The summed E-state index contributed by atoms with van der Waals surface area (Å²) in [5, 5.41) is 42.0. The molecule has 0 radical (unpaired) electrons. The molecule has 0 unspecified atom stereocenters. The standard InChI is InChI=1S/C28H22F3N5O7/c1-13(37)34-22-10-19(24(33)25(39)35-21-7-4-14(12-32)8-18(21)26(40)41)23(38)11-17(22)16-6-5-15(36(2)27(42)43-3)9-20(16)28(29,30)31/h4-11,33,38H,1-3H3,(H,34,37)(H,35,39)(H,40,41). The summed E-state index contributed by atoms with van der Waals surface area (Å²) in [6, 6.07) is 9.68. The molecule has 3 rings (SSSR count). The van der Waals surface area contributed by atoms with E-state index in [4.69, 9.17) is 10.7 Å². The second kappa shape index (κ2) is 12.3. The summed E-state index contributed by atoms with van der Waals surface area (Å²) in [6.45, 7) is 1.06. The van der Waals surface area contributed by atoms with Crippen LogP contribution in [0.3, 0.4) is 0 Å². The van der Waals surface area contributed by atoms with Gasteiger partial charge in [0.15, 0.2) is 0 Å². The first kappa shape index (κ1) is 31.6. The van der Waals surface area contributed by atoms with Crippen LogP contribution in [0.15, 0.2) is 48.5 Å². The van der Waals surface area contributed by atoms with Crippen LogP contribution >= 0.6 is 0 Å². The number of aromatic hydroxyl groups is 1. The molecule has 0 spiro atoms. The highest BCUT2D eigenvalue weighted by molar-refractivity contribution is 6.48. The summed E-state index contributed by atoms with van der Waals surface area (Å²) in [4.78, 5) is 49.1. The number of benzene rings is 3. The van der Waals surface area contributed by atoms with Crippen LogP contribution < -0.4 is 15.5 Å². The second-order valence-electron chi connectivity index (χ2n) is 8.86. The Morgan fingerprint density at radius 1 is 0.977 bits per heavy atom. The lowest BCUT2D eigenvalue weighted by Gasteiger charge is -2.21. The summed E-state index contributed by atoms with van der Waals surface area (Å²) in [5.74, 6) is -4.24. The van der Waals surface area contributed by atoms with Crippen molar-refractivity contribution >= 4 is 46.7 Å². The number of carbonyl (C=O) groups excluding carboxylic acids is 3. The fraction of sp³-hybridized carbons (Fsp3) is 0.143. The molecular formula is C28H22F3N5O7. The van der Waals surface area contributed by atoms with E-state index in [-0.39, 0.29) is 28.2 Å². The zero-order valence-corrected chi connectivity index (χ0v) is 22.6. The SMILES string of the molecule is COC(=O)N(C)c1ccc(-c2cc(O)c(C(=N)C(=O)Nc3ccc(C#N)cc3C(=O)O)cc2NC(C)=O)c(C(F)(F)F)c1. The topological polar surface area (TPSA) is 193 Å². The van der Waals surface area contributed by atoms with Crippen molar-refractivity contribution in [2.75, 3.05) is 29.7 Å². The average molecular weight is 598 g/mol. The maximum atomic E-state index is 14.2. The molecule has 0 bridgehead atoms. The summed E-state index contributed by atoms with van der Waals surface area (Å²) < 4.78 is 47.1. The van der Waals surface area contributed by atoms with Gasteiger partial charge in [-0.3, -0.25) is 19.9 Å². The Kier molecular flexibility index (Phi) is 9.05. The molecule has 3 amide bonds. The number of carboxylic acid groups (broad SMARTS) is 1. The molecule has 0 aliphatic heterocycles. The van der Waals surface area contributed by atoms with Crippen molar-refractivity contribution in [3.63, 3.8) is 0 Å². The van der Waals surface area contributed by atoms with Crippen LogP contribution in [0.5, 0.6) is 5.75 Å². The lowest BCUT2D eigenvalue weighted by molar-refractivity contribution is -0.137. The Labute approximate surface area is 241 Å². The summed E-state index contributed by atoms with van der Waals surface area (Å²) in [5.41, 5.74) is -4.74. The molecule has 0 aliphatic carbocycles. The van der Waals surface area contributed by atoms with Crippen LogP contribution in [0.2, 0.25) is 0 Å². The van der Waals surface area contributed by atoms with E-state index in [1.54, 1.807) is 6.07 Å². The third-order valence-corrected chi connectivity index (χ3v) is 6.00. The fourth-order valence-electron chi connectivity index (χ4n) is 3.96. The Morgan fingerprint density at radius 3 is 2.21 bits per heavy atom. The van der Waals surface area contributed by atoms with Crippen molar-refractivity contribution in [1.29, 1.82) is 10.7 Å². The minimum absolute atomic E-state index is 0.0122. The molecule has 0 saturated heterocycles. The zero-order valence-electron chi connectivity index (χ0n) is 22.6. The third-order valence-electron chi connectivity index (χ3n) is 6.00. The largest absolute Gasteiger partial charge is 0.507 e. The first-order chi connectivity index (χ1) is 20.1. The number of carbonyl (C=O) groups is 4. The second-order valence-corrected chi connectivity index (χ2v) is 8.86. The summed E-state index contributed by atoms with van der Waals surface area (Å²) in [6.07, 6.45) is -5.91. The number of nitrogens with one attached hydrogen (secondary N) is 3. The van der Waals surface area contributed by atoms with E-state index < -0.39 is 63.8 Å². The van der Waals surface area contributed by atoms with Gasteiger partial charge in [-0.1, -0.05) is 6.07 Å². The van der Waals surface area contributed by atoms with Crippen molar-refractivity contribution in [3.05, 3.63) is 70.8 Å². The van der Waals surface area contributed by atoms with Crippen molar-refractivity contribution in [2.24, 2.45) is 0 Å². The molecule has 43 heavy (non-hydrogen) atoms. The zero-order chi connectivity index (χ0) is 32.2. The third kappa shape index (κ3) is 6.88. The van der Waals surface area contributed by atoms with Crippen LogP contribution in [-0.2, 0) is 20.5 Å². The Balaban J connectivity index is 2.13. The molecular weight excluding hydrogens is 575 g/mol. The smallest absolute Gasteiger partial charge is 0.417 e. The molecule has 0 saturated carbocycles. The van der Waals surface area contributed by atoms with Gasteiger partial charge in [-0.25, -0.2) is 9.59 Å². The highest BCUT2D eigenvalue weighted by Gasteiger charge is 2.36. The highest BCUT2D eigenvalue weighted by Crippen LogP contribution is 2.43. The normalized spacial score (nSPS) is 10.7. The molecule has 3 aromatic carbocycles. The summed E-state index contributed by atoms with van der Waals surface area (Å²) in [7, 11) is 2.24. The number of phenolic OH excluding ortho intramolecular Hbond substituents is 1. The predicted octanol–water partition coefficient (Wildman–Crippen LogP) is 4.82. The van der Waals surface area contributed by atoms with E-state index in [2.05, 4.69) is 15.4 Å². The van der Waals surface area contributed by atoms with Crippen LogP contribution in [0.1, 0.15) is 34.0 Å². The number of ether oxygens (including phenoxy) is 1. The van der Waals surface area contributed by atoms with Gasteiger partial charge < -0.3 is 25.6 Å². The number of halogens is 3. The van der Waals surface area contributed by atoms with Crippen molar-refractivity contribution in [3.8, 4) is 22.9 Å². The molecule has 15 heteroatoms. The number of aromatic carboxylic acids is 1. The van der Waals surface area contributed by atoms with Gasteiger partial charge in [0.1, 0.15) is 11.5 Å². The van der Waals surface area contributed by atoms with Gasteiger partial charge in [0.05, 0.1) is 35.6 Å². The lowest BCUT2D eigenvalue weighted by Crippen LogP contribution is -2.26. The number of hydrogen-bond donors (Lipinski definition) is 5. The van der Waals surface area contributed by atoms with Gasteiger partial charge >= 0.3 is 18.2 Å². The first-order valence-corrected chi connectivity index (χ1v) is 11.9. The fourth-order valence-corrected chi connectivity index (χ4v) is 3.96. The number of rotatable bonds is 7. The number of anilines is 3. The monoisotopic (exact) mass is 597 g/mol. The predicted molar refractivity (Wildman–Crippen MR) is 147 cm³/mol. The highest BCUT2D eigenvalue weighted by atomic mass is 19.4. The van der Waals surface area contributed by atoms with Crippen LogP contribution in [0, 0.1) is 16.7 Å². The van der Waals surface area contributed by atoms with Gasteiger partial charge in [0, 0.05) is 36.5 Å². The van der Waals surface area contributed by atoms with Gasteiger partial charge in [-0.15, -0.1) is 0 Å². The number of carboxylic acids is 1. The Hall–Kier alpha value is -5.91.